The average Bonchev–Trinajstić information content (AvgIpc) is 2.96. The molecule has 21 heavy (non-hydrogen) atoms. The van der Waals surface area contributed by atoms with Crippen LogP contribution >= 0.6 is 0 Å². The van der Waals surface area contributed by atoms with E-state index in [0.717, 1.165) is 31.6 Å². The first-order chi connectivity index (χ1) is 10.0. The van der Waals surface area contributed by atoms with Crippen molar-refractivity contribution in [3.8, 4) is 6.07 Å². The Morgan fingerprint density at radius 2 is 2.29 bits per heavy atom. The van der Waals surface area contributed by atoms with Gasteiger partial charge in [0.2, 0.25) is 11.8 Å². The standard InChI is InChI=1S/C15H22N4O2/c1-10-11(2)21-15(13(10)6-16)18-14(20)9-19-5-4-12(8-19)7-17-3/h12,17H,4-5,7-9H2,1-3H3,(H,18,20). The van der Waals surface area contributed by atoms with Gasteiger partial charge in [-0.15, -0.1) is 0 Å². The van der Waals surface area contributed by atoms with Crippen molar-refractivity contribution in [1.29, 1.82) is 5.26 Å². The van der Waals surface area contributed by atoms with Crippen LogP contribution in [0.5, 0.6) is 0 Å². The average molecular weight is 290 g/mol. The summed E-state index contributed by atoms with van der Waals surface area (Å²) in [4.78, 5) is 14.2. The third-order valence-electron chi connectivity index (χ3n) is 3.98. The highest BCUT2D eigenvalue weighted by atomic mass is 16.4. The van der Waals surface area contributed by atoms with Gasteiger partial charge >= 0.3 is 0 Å². The summed E-state index contributed by atoms with van der Waals surface area (Å²) in [5, 5.41) is 15.0. The van der Waals surface area contributed by atoms with E-state index in [9.17, 15) is 4.79 Å². The zero-order chi connectivity index (χ0) is 15.4. The quantitative estimate of drug-likeness (QED) is 0.853. The normalized spacial score (nSPS) is 18.7. The Kier molecular flexibility index (Phi) is 4.99. The highest BCUT2D eigenvalue weighted by Crippen LogP contribution is 2.25. The van der Waals surface area contributed by atoms with E-state index in [2.05, 4.69) is 21.6 Å². The van der Waals surface area contributed by atoms with Crippen molar-refractivity contribution in [1.82, 2.24) is 10.2 Å². The van der Waals surface area contributed by atoms with Crippen LogP contribution in [0.2, 0.25) is 0 Å². The van der Waals surface area contributed by atoms with E-state index in [1.54, 1.807) is 6.92 Å². The molecular weight excluding hydrogens is 268 g/mol. The number of amides is 1. The van der Waals surface area contributed by atoms with E-state index in [-0.39, 0.29) is 11.8 Å². The topological polar surface area (TPSA) is 81.3 Å². The van der Waals surface area contributed by atoms with Crippen molar-refractivity contribution >= 4 is 11.8 Å². The number of hydrogen-bond acceptors (Lipinski definition) is 5. The Morgan fingerprint density at radius 1 is 1.52 bits per heavy atom. The van der Waals surface area contributed by atoms with Crippen LogP contribution in [0.25, 0.3) is 0 Å². The van der Waals surface area contributed by atoms with Gasteiger partial charge in [0.1, 0.15) is 17.4 Å². The van der Waals surface area contributed by atoms with Crippen LogP contribution < -0.4 is 10.6 Å². The van der Waals surface area contributed by atoms with Gasteiger partial charge in [-0.1, -0.05) is 0 Å². The predicted molar refractivity (Wildman–Crippen MR) is 80.0 cm³/mol. The number of nitrogens with one attached hydrogen (secondary N) is 2. The molecule has 0 aromatic carbocycles. The largest absolute Gasteiger partial charge is 0.444 e. The van der Waals surface area contributed by atoms with E-state index in [4.69, 9.17) is 9.68 Å². The van der Waals surface area contributed by atoms with Crippen molar-refractivity contribution in [2.75, 3.05) is 38.5 Å². The SMILES string of the molecule is CNCC1CCN(CC(=O)Nc2oc(C)c(C)c2C#N)C1. The van der Waals surface area contributed by atoms with Crippen LogP contribution in [0.4, 0.5) is 5.88 Å². The van der Waals surface area contributed by atoms with Gasteiger partial charge < -0.3 is 9.73 Å². The number of carbonyl (C=O) groups is 1. The summed E-state index contributed by atoms with van der Waals surface area (Å²) < 4.78 is 5.45. The van der Waals surface area contributed by atoms with Crippen molar-refractivity contribution in [3.63, 3.8) is 0 Å². The Bertz CT molecular complexity index is 559. The van der Waals surface area contributed by atoms with E-state index in [1.165, 1.54) is 0 Å². The van der Waals surface area contributed by atoms with Gasteiger partial charge in [-0.25, -0.2) is 0 Å². The van der Waals surface area contributed by atoms with E-state index in [1.807, 2.05) is 14.0 Å². The number of rotatable bonds is 5. The minimum absolute atomic E-state index is 0.134. The fraction of sp³-hybridized carbons (Fsp3) is 0.600. The van der Waals surface area contributed by atoms with Gasteiger partial charge in [-0.3, -0.25) is 15.0 Å². The van der Waals surface area contributed by atoms with Crippen molar-refractivity contribution in [2.45, 2.75) is 20.3 Å². The Morgan fingerprint density at radius 3 is 2.95 bits per heavy atom. The molecule has 1 aliphatic heterocycles. The van der Waals surface area contributed by atoms with Crippen LogP contribution in [0, 0.1) is 31.1 Å². The number of nitrogens with zero attached hydrogens (tertiary/aromatic N) is 2. The van der Waals surface area contributed by atoms with Gasteiger partial charge in [0.15, 0.2) is 0 Å². The van der Waals surface area contributed by atoms with Crippen molar-refractivity contribution < 1.29 is 9.21 Å². The molecule has 1 amide bonds. The molecule has 0 radical (unpaired) electrons. The van der Waals surface area contributed by atoms with Crippen LogP contribution in [0.3, 0.4) is 0 Å². The number of furan rings is 1. The third-order valence-corrected chi connectivity index (χ3v) is 3.98. The molecule has 1 saturated heterocycles. The number of carbonyl (C=O) groups excluding carboxylic acids is 1. The van der Waals surface area contributed by atoms with E-state index in [0.29, 0.717) is 23.8 Å². The minimum Gasteiger partial charge on any atom is -0.444 e. The smallest absolute Gasteiger partial charge is 0.240 e. The molecule has 1 atom stereocenters. The summed E-state index contributed by atoms with van der Waals surface area (Å²) in [7, 11) is 1.94. The molecule has 1 aliphatic rings. The summed E-state index contributed by atoms with van der Waals surface area (Å²) in [6.07, 6.45) is 1.11. The maximum atomic E-state index is 12.1. The second-order valence-corrected chi connectivity index (χ2v) is 5.59. The van der Waals surface area contributed by atoms with Crippen LogP contribution in [-0.4, -0.2) is 44.0 Å². The maximum Gasteiger partial charge on any atom is 0.240 e. The highest BCUT2D eigenvalue weighted by Gasteiger charge is 2.24. The predicted octanol–water partition coefficient (Wildman–Crippen LogP) is 1.25. The lowest BCUT2D eigenvalue weighted by Gasteiger charge is -2.15. The van der Waals surface area contributed by atoms with Gasteiger partial charge in [0.05, 0.1) is 6.54 Å². The zero-order valence-corrected chi connectivity index (χ0v) is 12.8. The van der Waals surface area contributed by atoms with Crippen molar-refractivity contribution in [3.05, 3.63) is 16.9 Å². The fourth-order valence-electron chi connectivity index (χ4n) is 2.73. The van der Waals surface area contributed by atoms with Gasteiger partial charge in [0.25, 0.3) is 0 Å². The Balaban J connectivity index is 1.91. The number of nitriles is 1. The number of aryl methyl sites for hydroxylation is 1. The third kappa shape index (κ3) is 3.63. The van der Waals surface area contributed by atoms with Gasteiger partial charge in [-0.05, 0) is 46.3 Å². The Labute approximate surface area is 125 Å². The molecule has 2 N–H and O–H groups in total. The lowest BCUT2D eigenvalue weighted by Crippen LogP contribution is -2.32. The molecule has 6 heteroatoms. The first-order valence-corrected chi connectivity index (χ1v) is 7.22. The molecule has 1 aromatic rings. The molecule has 0 bridgehead atoms. The van der Waals surface area contributed by atoms with Crippen LogP contribution in [0.15, 0.2) is 4.42 Å². The van der Waals surface area contributed by atoms with E-state index >= 15 is 0 Å². The fourth-order valence-corrected chi connectivity index (χ4v) is 2.73. The second kappa shape index (κ2) is 6.74. The number of anilines is 1. The van der Waals surface area contributed by atoms with Crippen LogP contribution in [-0.2, 0) is 4.79 Å². The molecule has 2 heterocycles. The summed E-state index contributed by atoms with van der Waals surface area (Å²) in [5.74, 6) is 1.40. The molecular formula is C15H22N4O2. The first kappa shape index (κ1) is 15.5. The molecule has 2 rings (SSSR count). The first-order valence-electron chi connectivity index (χ1n) is 7.22. The Hall–Kier alpha value is -1.84. The summed E-state index contributed by atoms with van der Waals surface area (Å²) in [6, 6.07) is 2.08. The molecule has 0 aliphatic carbocycles. The summed E-state index contributed by atoms with van der Waals surface area (Å²) >= 11 is 0. The van der Waals surface area contributed by atoms with E-state index < -0.39 is 0 Å². The monoisotopic (exact) mass is 290 g/mol. The van der Waals surface area contributed by atoms with Gasteiger partial charge in [0, 0.05) is 12.1 Å². The maximum absolute atomic E-state index is 12.1. The summed E-state index contributed by atoms with van der Waals surface area (Å²) in [5.41, 5.74) is 1.19. The second-order valence-electron chi connectivity index (χ2n) is 5.59. The molecule has 114 valence electrons. The minimum atomic E-state index is -0.134. The molecule has 0 saturated carbocycles. The lowest BCUT2D eigenvalue weighted by atomic mass is 10.1. The molecule has 6 nitrogen and oxygen atoms in total. The molecule has 0 spiro atoms. The highest BCUT2D eigenvalue weighted by molar-refractivity contribution is 5.92. The number of likely N-dealkylation sites (tertiary alicyclic amines) is 1. The lowest BCUT2D eigenvalue weighted by molar-refractivity contribution is -0.117. The number of hydrogen-bond donors (Lipinski definition) is 2. The molecule has 1 aromatic heterocycles. The van der Waals surface area contributed by atoms with Crippen LogP contribution in [0.1, 0.15) is 23.3 Å². The zero-order valence-electron chi connectivity index (χ0n) is 12.8. The van der Waals surface area contributed by atoms with Gasteiger partial charge in [-0.2, -0.15) is 5.26 Å². The molecule has 1 unspecified atom stereocenters. The summed E-state index contributed by atoms with van der Waals surface area (Å²) in [6.45, 7) is 6.78. The molecule has 1 fully saturated rings. The van der Waals surface area contributed by atoms with Crippen molar-refractivity contribution in [2.24, 2.45) is 5.92 Å².